The van der Waals surface area contributed by atoms with Crippen molar-refractivity contribution in [3.05, 3.63) is 42.1 Å². The van der Waals surface area contributed by atoms with Gasteiger partial charge in [0.05, 0.1) is 6.61 Å². The van der Waals surface area contributed by atoms with E-state index < -0.39 is 0 Å². The lowest BCUT2D eigenvalue weighted by Gasteiger charge is -2.11. The summed E-state index contributed by atoms with van der Waals surface area (Å²) in [5.41, 5.74) is 1.22. The number of benzene rings is 1. The second-order valence-electron chi connectivity index (χ2n) is 5.85. The van der Waals surface area contributed by atoms with Crippen LogP contribution in [-0.2, 0) is 4.74 Å². The van der Waals surface area contributed by atoms with Crippen LogP contribution < -0.4 is 10.6 Å². The summed E-state index contributed by atoms with van der Waals surface area (Å²) in [6.45, 7) is 5.87. The third kappa shape index (κ3) is 5.31. The fraction of sp³-hybridized carbons (Fsp3) is 0.389. The van der Waals surface area contributed by atoms with Crippen LogP contribution in [0.3, 0.4) is 0 Å². The number of aromatic nitrogens is 2. The van der Waals surface area contributed by atoms with E-state index in [1.807, 2.05) is 44.2 Å². The van der Waals surface area contributed by atoms with E-state index in [9.17, 15) is 4.79 Å². The zero-order valence-corrected chi connectivity index (χ0v) is 14.4. The van der Waals surface area contributed by atoms with Crippen LogP contribution in [-0.4, -0.2) is 42.7 Å². The molecule has 1 aromatic carbocycles. The summed E-state index contributed by atoms with van der Waals surface area (Å²) in [5.74, 6) is 1.31. The molecular weight excluding hydrogens is 304 g/mol. The maximum absolute atomic E-state index is 12.4. The number of carbonyl (C=O) groups excluding carboxylic acids is 1. The van der Waals surface area contributed by atoms with Crippen molar-refractivity contribution in [1.82, 2.24) is 15.3 Å². The number of methoxy groups -OCH3 is 1. The molecule has 0 spiro atoms. The Kier molecular flexibility index (Phi) is 6.69. The molecule has 0 aliphatic rings. The van der Waals surface area contributed by atoms with Crippen LogP contribution in [0.4, 0.5) is 5.82 Å². The predicted molar refractivity (Wildman–Crippen MR) is 95.0 cm³/mol. The minimum Gasteiger partial charge on any atom is -0.383 e. The molecule has 0 bridgehead atoms. The molecule has 0 fully saturated rings. The van der Waals surface area contributed by atoms with Crippen LogP contribution in [0.1, 0.15) is 24.3 Å². The Bertz CT molecular complexity index is 659. The fourth-order valence-corrected chi connectivity index (χ4v) is 2.04. The number of rotatable bonds is 8. The third-order valence-corrected chi connectivity index (χ3v) is 3.27. The van der Waals surface area contributed by atoms with Crippen LogP contribution in [0.25, 0.3) is 11.4 Å². The molecule has 2 N–H and O–H groups in total. The van der Waals surface area contributed by atoms with E-state index in [2.05, 4.69) is 20.6 Å². The summed E-state index contributed by atoms with van der Waals surface area (Å²) >= 11 is 0. The quantitative estimate of drug-likeness (QED) is 0.729. The molecule has 0 saturated heterocycles. The van der Waals surface area contributed by atoms with Crippen molar-refractivity contribution in [3.8, 4) is 11.4 Å². The van der Waals surface area contributed by atoms with Gasteiger partial charge in [0.25, 0.3) is 5.91 Å². The molecule has 0 radical (unpaired) electrons. The van der Waals surface area contributed by atoms with Crippen LogP contribution in [0.5, 0.6) is 0 Å². The molecule has 2 rings (SSSR count). The fourth-order valence-electron chi connectivity index (χ4n) is 2.04. The van der Waals surface area contributed by atoms with E-state index in [1.165, 1.54) is 0 Å². The first-order valence-electron chi connectivity index (χ1n) is 8.05. The Morgan fingerprint density at radius 2 is 1.96 bits per heavy atom. The molecule has 24 heavy (non-hydrogen) atoms. The Balaban J connectivity index is 2.28. The number of nitrogens with zero attached hydrogens (tertiary/aromatic N) is 2. The van der Waals surface area contributed by atoms with Crippen molar-refractivity contribution in [3.63, 3.8) is 0 Å². The highest BCUT2D eigenvalue weighted by Crippen LogP contribution is 2.17. The Morgan fingerprint density at radius 3 is 2.62 bits per heavy atom. The average molecular weight is 328 g/mol. The van der Waals surface area contributed by atoms with E-state index in [0.717, 1.165) is 5.56 Å². The molecule has 0 atom stereocenters. The largest absolute Gasteiger partial charge is 0.383 e. The van der Waals surface area contributed by atoms with Crippen LogP contribution in [0.15, 0.2) is 36.4 Å². The van der Waals surface area contributed by atoms with Gasteiger partial charge in [0, 0.05) is 31.8 Å². The maximum atomic E-state index is 12.4. The minimum atomic E-state index is -0.196. The normalized spacial score (nSPS) is 10.7. The number of nitrogens with one attached hydrogen (secondary N) is 2. The van der Waals surface area contributed by atoms with Gasteiger partial charge in [-0.25, -0.2) is 9.97 Å². The average Bonchev–Trinajstić information content (AvgIpc) is 2.60. The van der Waals surface area contributed by atoms with Crippen molar-refractivity contribution < 1.29 is 9.53 Å². The van der Waals surface area contributed by atoms with E-state index in [1.54, 1.807) is 13.2 Å². The molecule has 0 aliphatic heterocycles. The Labute approximate surface area is 142 Å². The summed E-state index contributed by atoms with van der Waals surface area (Å²) in [5, 5.41) is 6.05. The molecular formula is C18H24N4O2. The van der Waals surface area contributed by atoms with Gasteiger partial charge in [-0.05, 0) is 5.92 Å². The van der Waals surface area contributed by atoms with Crippen molar-refractivity contribution in [2.45, 2.75) is 13.8 Å². The summed E-state index contributed by atoms with van der Waals surface area (Å²) in [6.07, 6.45) is 0. The maximum Gasteiger partial charge on any atom is 0.270 e. The van der Waals surface area contributed by atoms with E-state index in [4.69, 9.17) is 4.74 Å². The molecule has 0 saturated carbocycles. The van der Waals surface area contributed by atoms with E-state index in [-0.39, 0.29) is 5.91 Å². The van der Waals surface area contributed by atoms with E-state index in [0.29, 0.717) is 43.0 Å². The lowest BCUT2D eigenvalue weighted by molar-refractivity contribution is 0.0944. The van der Waals surface area contributed by atoms with Crippen LogP contribution >= 0.6 is 0 Å². The summed E-state index contributed by atoms with van der Waals surface area (Å²) in [4.78, 5) is 21.3. The van der Waals surface area contributed by atoms with Crippen molar-refractivity contribution in [1.29, 1.82) is 0 Å². The van der Waals surface area contributed by atoms with Gasteiger partial charge < -0.3 is 15.4 Å². The van der Waals surface area contributed by atoms with Gasteiger partial charge in [-0.2, -0.15) is 0 Å². The highest BCUT2D eigenvalue weighted by Gasteiger charge is 2.13. The lowest BCUT2D eigenvalue weighted by atomic mass is 10.2. The number of amides is 1. The van der Waals surface area contributed by atoms with Crippen molar-refractivity contribution in [2.75, 3.05) is 32.1 Å². The van der Waals surface area contributed by atoms with Gasteiger partial charge in [-0.15, -0.1) is 0 Å². The molecule has 6 heteroatoms. The molecule has 1 heterocycles. The molecule has 6 nitrogen and oxygen atoms in total. The predicted octanol–water partition coefficient (Wildman–Crippen LogP) is 2.59. The van der Waals surface area contributed by atoms with Crippen LogP contribution in [0, 0.1) is 5.92 Å². The Hall–Kier alpha value is -2.47. The van der Waals surface area contributed by atoms with Gasteiger partial charge in [0.2, 0.25) is 0 Å². The Morgan fingerprint density at radius 1 is 1.21 bits per heavy atom. The van der Waals surface area contributed by atoms with Gasteiger partial charge >= 0.3 is 0 Å². The molecule has 1 aromatic heterocycles. The second kappa shape index (κ2) is 8.98. The number of ether oxygens (including phenoxy) is 1. The smallest absolute Gasteiger partial charge is 0.270 e. The third-order valence-electron chi connectivity index (χ3n) is 3.27. The molecule has 128 valence electrons. The summed E-state index contributed by atoms with van der Waals surface area (Å²) in [7, 11) is 1.64. The number of anilines is 1. The highest BCUT2D eigenvalue weighted by molar-refractivity contribution is 5.93. The molecule has 0 aliphatic carbocycles. The first kappa shape index (κ1) is 17.9. The summed E-state index contributed by atoms with van der Waals surface area (Å²) in [6, 6.07) is 11.3. The lowest BCUT2D eigenvalue weighted by Crippen LogP contribution is -2.28. The SMILES string of the molecule is COCCNc1cc(C(=O)NCC(C)C)nc(-c2ccccc2)n1. The summed E-state index contributed by atoms with van der Waals surface area (Å²) < 4.78 is 5.04. The van der Waals surface area contributed by atoms with Gasteiger partial charge in [-0.1, -0.05) is 44.2 Å². The molecule has 0 unspecified atom stereocenters. The first-order valence-corrected chi connectivity index (χ1v) is 8.05. The van der Waals surface area contributed by atoms with Crippen LogP contribution in [0.2, 0.25) is 0 Å². The van der Waals surface area contributed by atoms with Gasteiger partial charge in [-0.3, -0.25) is 4.79 Å². The number of carbonyl (C=O) groups is 1. The van der Waals surface area contributed by atoms with Gasteiger partial charge in [0.15, 0.2) is 5.82 Å². The first-order chi connectivity index (χ1) is 11.6. The standard InChI is InChI=1S/C18H24N4O2/c1-13(2)12-20-18(23)15-11-16(19-9-10-24-3)22-17(21-15)14-7-5-4-6-8-14/h4-8,11,13H,9-10,12H2,1-3H3,(H,20,23)(H,19,21,22). The van der Waals surface area contributed by atoms with Crippen molar-refractivity contribution in [2.24, 2.45) is 5.92 Å². The number of hydrogen-bond acceptors (Lipinski definition) is 5. The zero-order valence-electron chi connectivity index (χ0n) is 14.4. The van der Waals surface area contributed by atoms with E-state index >= 15 is 0 Å². The highest BCUT2D eigenvalue weighted by atomic mass is 16.5. The van der Waals surface area contributed by atoms with Crippen molar-refractivity contribution >= 4 is 11.7 Å². The van der Waals surface area contributed by atoms with Gasteiger partial charge in [0.1, 0.15) is 11.5 Å². The topological polar surface area (TPSA) is 76.1 Å². The number of hydrogen-bond donors (Lipinski definition) is 2. The second-order valence-corrected chi connectivity index (χ2v) is 5.85. The molecule has 1 amide bonds. The molecule has 2 aromatic rings. The minimum absolute atomic E-state index is 0.196. The monoisotopic (exact) mass is 328 g/mol. The zero-order chi connectivity index (χ0) is 17.4.